The van der Waals surface area contributed by atoms with Crippen LogP contribution < -0.4 is 0 Å². The molecule has 0 aliphatic heterocycles. The Morgan fingerprint density at radius 1 is 1.26 bits per heavy atom. The van der Waals surface area contributed by atoms with Gasteiger partial charge in [-0.3, -0.25) is 4.57 Å². The maximum atomic E-state index is 13.2. The molecule has 0 aliphatic carbocycles. The molecule has 0 saturated heterocycles. The van der Waals surface area contributed by atoms with Gasteiger partial charge in [0.15, 0.2) is 17.5 Å². The number of rotatable bonds is 3. The standard InChI is InChI=1S/C10H8ClF2N3O2S/c1-2-16-9(14-15-10(16)19(11,17)18)6-3-4-7(12)8(13)5-6/h3-5H,2H2,1H3. The highest BCUT2D eigenvalue weighted by atomic mass is 35.7. The van der Waals surface area contributed by atoms with E-state index in [-0.39, 0.29) is 17.9 Å². The van der Waals surface area contributed by atoms with Crippen LogP contribution in [0.25, 0.3) is 11.4 Å². The lowest BCUT2D eigenvalue weighted by Gasteiger charge is -2.05. The summed E-state index contributed by atoms with van der Waals surface area (Å²) in [5.41, 5.74) is 0.208. The first-order valence-corrected chi connectivity index (χ1v) is 7.48. The molecule has 0 bridgehead atoms. The summed E-state index contributed by atoms with van der Waals surface area (Å²) in [4.78, 5) is 0. The van der Waals surface area contributed by atoms with Crippen LogP contribution in [0.4, 0.5) is 8.78 Å². The van der Waals surface area contributed by atoms with E-state index in [9.17, 15) is 17.2 Å². The third-order valence-electron chi connectivity index (χ3n) is 2.43. The van der Waals surface area contributed by atoms with Crippen molar-refractivity contribution in [1.29, 1.82) is 0 Å². The number of hydrogen-bond donors (Lipinski definition) is 0. The van der Waals surface area contributed by atoms with Crippen molar-refractivity contribution >= 4 is 19.7 Å². The predicted octanol–water partition coefficient (Wildman–Crippen LogP) is 2.17. The molecule has 5 nitrogen and oxygen atoms in total. The molecule has 102 valence electrons. The van der Waals surface area contributed by atoms with Crippen molar-refractivity contribution in [2.45, 2.75) is 18.6 Å². The zero-order valence-electron chi connectivity index (χ0n) is 9.64. The number of aromatic nitrogens is 3. The van der Waals surface area contributed by atoms with Crippen molar-refractivity contribution in [3.63, 3.8) is 0 Å². The second-order valence-electron chi connectivity index (χ2n) is 3.62. The Labute approximate surface area is 112 Å². The first-order valence-electron chi connectivity index (χ1n) is 5.18. The smallest absolute Gasteiger partial charge is 0.296 e. The van der Waals surface area contributed by atoms with Crippen LogP contribution in [0.3, 0.4) is 0 Å². The molecule has 0 fully saturated rings. The van der Waals surface area contributed by atoms with Gasteiger partial charge in [0, 0.05) is 22.8 Å². The Kier molecular flexibility index (Phi) is 3.55. The average Bonchev–Trinajstić information content (AvgIpc) is 2.76. The van der Waals surface area contributed by atoms with Crippen molar-refractivity contribution in [3.05, 3.63) is 29.8 Å². The lowest BCUT2D eigenvalue weighted by molar-refractivity contribution is 0.509. The van der Waals surface area contributed by atoms with Gasteiger partial charge in [-0.15, -0.1) is 10.2 Å². The van der Waals surface area contributed by atoms with Crippen LogP contribution in [0.1, 0.15) is 6.92 Å². The summed E-state index contributed by atoms with van der Waals surface area (Å²) in [5, 5.41) is 6.68. The first kappa shape index (κ1) is 13.9. The van der Waals surface area contributed by atoms with E-state index in [0.29, 0.717) is 0 Å². The Balaban J connectivity index is 2.63. The molecule has 19 heavy (non-hydrogen) atoms. The van der Waals surface area contributed by atoms with Gasteiger partial charge < -0.3 is 0 Å². The van der Waals surface area contributed by atoms with E-state index < -0.39 is 25.8 Å². The summed E-state index contributed by atoms with van der Waals surface area (Å²) in [7, 11) is 1.16. The summed E-state index contributed by atoms with van der Waals surface area (Å²) in [5.74, 6) is -1.96. The molecular weight excluding hydrogens is 300 g/mol. The van der Waals surface area contributed by atoms with E-state index in [0.717, 1.165) is 12.1 Å². The predicted molar refractivity (Wildman–Crippen MR) is 64.1 cm³/mol. The van der Waals surface area contributed by atoms with Gasteiger partial charge in [0.1, 0.15) is 0 Å². The quantitative estimate of drug-likeness (QED) is 0.815. The molecule has 0 spiro atoms. The van der Waals surface area contributed by atoms with Crippen molar-refractivity contribution in [1.82, 2.24) is 14.8 Å². The highest BCUT2D eigenvalue weighted by Crippen LogP contribution is 2.23. The highest BCUT2D eigenvalue weighted by molar-refractivity contribution is 8.13. The van der Waals surface area contributed by atoms with Crippen LogP contribution in [-0.2, 0) is 15.6 Å². The van der Waals surface area contributed by atoms with Crippen molar-refractivity contribution < 1.29 is 17.2 Å². The summed E-state index contributed by atoms with van der Waals surface area (Å²) >= 11 is 0. The van der Waals surface area contributed by atoms with E-state index in [2.05, 4.69) is 10.2 Å². The minimum Gasteiger partial charge on any atom is -0.297 e. The van der Waals surface area contributed by atoms with E-state index in [1.807, 2.05) is 0 Å². The molecule has 2 rings (SSSR count). The van der Waals surface area contributed by atoms with E-state index in [4.69, 9.17) is 10.7 Å². The third kappa shape index (κ3) is 2.59. The molecule has 0 aliphatic rings. The van der Waals surface area contributed by atoms with Gasteiger partial charge in [-0.2, -0.15) is 0 Å². The van der Waals surface area contributed by atoms with Crippen molar-refractivity contribution in [2.75, 3.05) is 0 Å². The lowest BCUT2D eigenvalue weighted by Crippen LogP contribution is -2.06. The maximum absolute atomic E-state index is 13.2. The topological polar surface area (TPSA) is 64.8 Å². The molecule has 0 saturated carbocycles. The summed E-state index contributed by atoms with van der Waals surface area (Å²) in [6.45, 7) is 1.86. The fraction of sp³-hybridized carbons (Fsp3) is 0.200. The average molecular weight is 308 g/mol. The number of benzene rings is 1. The highest BCUT2D eigenvalue weighted by Gasteiger charge is 2.22. The van der Waals surface area contributed by atoms with E-state index in [1.54, 1.807) is 6.92 Å². The second kappa shape index (κ2) is 4.86. The SMILES string of the molecule is CCn1c(-c2ccc(F)c(F)c2)nnc1S(=O)(=O)Cl. The van der Waals surface area contributed by atoms with Crippen molar-refractivity contribution in [3.8, 4) is 11.4 Å². The zero-order chi connectivity index (χ0) is 14.2. The summed E-state index contributed by atoms with van der Waals surface area (Å²) < 4.78 is 49.8. The first-order chi connectivity index (χ1) is 8.84. The van der Waals surface area contributed by atoms with Gasteiger partial charge in [0.2, 0.25) is 0 Å². The third-order valence-corrected chi connectivity index (χ3v) is 3.58. The Bertz CT molecular complexity index is 730. The molecule has 0 atom stereocenters. The number of hydrogen-bond acceptors (Lipinski definition) is 4. The molecule has 0 N–H and O–H groups in total. The van der Waals surface area contributed by atoms with Gasteiger partial charge in [-0.25, -0.2) is 17.2 Å². The van der Waals surface area contributed by atoms with Crippen LogP contribution in [0, 0.1) is 11.6 Å². The molecule has 1 heterocycles. The minimum absolute atomic E-state index is 0.0978. The zero-order valence-corrected chi connectivity index (χ0v) is 11.2. The van der Waals surface area contributed by atoms with E-state index in [1.165, 1.54) is 10.6 Å². The van der Waals surface area contributed by atoms with Gasteiger partial charge in [-0.1, -0.05) is 0 Å². The Morgan fingerprint density at radius 2 is 1.95 bits per heavy atom. The fourth-order valence-corrected chi connectivity index (χ4v) is 2.56. The summed E-state index contributed by atoms with van der Waals surface area (Å²) in [6.07, 6.45) is 0. The van der Waals surface area contributed by atoms with Crippen molar-refractivity contribution in [2.24, 2.45) is 0 Å². The molecule has 9 heteroatoms. The monoisotopic (exact) mass is 307 g/mol. The molecule has 1 aromatic heterocycles. The second-order valence-corrected chi connectivity index (χ2v) is 6.08. The number of halogens is 3. The Hall–Kier alpha value is -1.54. The molecule has 2 aromatic rings. The van der Waals surface area contributed by atoms with Crippen LogP contribution in [0.5, 0.6) is 0 Å². The van der Waals surface area contributed by atoms with E-state index >= 15 is 0 Å². The van der Waals surface area contributed by atoms with Gasteiger partial charge in [-0.05, 0) is 25.1 Å². The number of nitrogens with zero attached hydrogens (tertiary/aromatic N) is 3. The molecule has 0 unspecified atom stereocenters. The molecule has 1 aromatic carbocycles. The van der Waals surface area contributed by atoms with Crippen LogP contribution >= 0.6 is 10.7 Å². The van der Waals surface area contributed by atoms with Crippen LogP contribution in [0.2, 0.25) is 0 Å². The Morgan fingerprint density at radius 3 is 2.47 bits per heavy atom. The van der Waals surface area contributed by atoms with Crippen LogP contribution in [0.15, 0.2) is 23.4 Å². The fourth-order valence-electron chi connectivity index (χ4n) is 1.60. The lowest BCUT2D eigenvalue weighted by atomic mass is 10.2. The van der Waals surface area contributed by atoms with Crippen LogP contribution in [-0.4, -0.2) is 23.2 Å². The normalized spacial score (nSPS) is 11.8. The minimum atomic E-state index is -4.06. The molecule has 0 amide bonds. The maximum Gasteiger partial charge on any atom is 0.296 e. The van der Waals surface area contributed by atoms with Gasteiger partial charge in [0.05, 0.1) is 0 Å². The summed E-state index contributed by atoms with van der Waals surface area (Å²) in [6, 6.07) is 3.11. The molecule has 0 radical (unpaired) electrons. The van der Waals surface area contributed by atoms with Gasteiger partial charge >= 0.3 is 0 Å². The molecular formula is C10H8ClF2N3O2S. The largest absolute Gasteiger partial charge is 0.297 e. The van der Waals surface area contributed by atoms with Gasteiger partial charge in [0.25, 0.3) is 14.2 Å².